The first-order chi connectivity index (χ1) is 9.58. The van der Waals surface area contributed by atoms with E-state index in [2.05, 4.69) is 10.1 Å². The number of hydrogen-bond donors (Lipinski definition) is 0. The number of carbonyl (C=O) groups is 1. The lowest BCUT2D eigenvalue weighted by molar-refractivity contribution is 0.0525. The van der Waals surface area contributed by atoms with Gasteiger partial charge in [0, 0.05) is 6.20 Å². The molecule has 0 fully saturated rings. The first kappa shape index (κ1) is 14.5. The molecule has 2 heterocycles. The van der Waals surface area contributed by atoms with Gasteiger partial charge in [-0.15, -0.1) is 0 Å². The lowest BCUT2D eigenvalue weighted by Gasteiger charge is -2.07. The van der Waals surface area contributed by atoms with Gasteiger partial charge < -0.3 is 4.74 Å². The van der Waals surface area contributed by atoms with Crippen LogP contribution in [0.5, 0.6) is 0 Å². The molecule has 0 amide bonds. The Morgan fingerprint density at radius 3 is 2.75 bits per heavy atom. The highest BCUT2D eigenvalue weighted by atomic mass is 35.5. The highest BCUT2D eigenvalue weighted by Gasteiger charge is 2.18. The molecule has 106 valence electrons. The maximum atomic E-state index is 11.8. The van der Waals surface area contributed by atoms with Crippen molar-refractivity contribution in [2.45, 2.75) is 27.2 Å². The molecule has 2 aromatic rings. The van der Waals surface area contributed by atoms with Crippen molar-refractivity contribution in [2.75, 3.05) is 6.61 Å². The molecule has 0 aromatic carbocycles. The summed E-state index contributed by atoms with van der Waals surface area (Å²) in [4.78, 5) is 16.1. The number of esters is 1. The van der Waals surface area contributed by atoms with Crippen LogP contribution in [0, 0.1) is 6.92 Å². The number of nitrogens with zero attached hydrogens (tertiary/aromatic N) is 3. The minimum atomic E-state index is -0.391. The third-order valence-corrected chi connectivity index (χ3v) is 3.27. The average molecular weight is 294 g/mol. The number of hydrogen-bond acceptors (Lipinski definition) is 4. The largest absolute Gasteiger partial charge is 0.462 e. The van der Waals surface area contributed by atoms with Gasteiger partial charge in [-0.1, -0.05) is 18.5 Å². The molecule has 0 N–H and O–H groups in total. The molecule has 6 heteroatoms. The fourth-order valence-electron chi connectivity index (χ4n) is 1.85. The molecule has 0 radical (unpaired) electrons. The average Bonchev–Trinajstić information content (AvgIpc) is 2.80. The molecule has 0 atom stereocenters. The Morgan fingerprint density at radius 2 is 2.15 bits per heavy atom. The van der Waals surface area contributed by atoms with Crippen LogP contribution < -0.4 is 0 Å². The SMILES string of the molecule is CCOC(=O)c1cnn(-c2ncc(CC)cc2Cl)c1C. The minimum absolute atomic E-state index is 0.327. The lowest BCUT2D eigenvalue weighted by atomic mass is 10.2. The van der Waals surface area contributed by atoms with Gasteiger partial charge in [0.25, 0.3) is 0 Å². The van der Waals surface area contributed by atoms with Gasteiger partial charge in [0.05, 0.1) is 23.5 Å². The van der Waals surface area contributed by atoms with Gasteiger partial charge in [0.1, 0.15) is 5.56 Å². The Kier molecular flexibility index (Phi) is 4.39. The number of pyridine rings is 1. The second-order valence-electron chi connectivity index (χ2n) is 4.28. The quantitative estimate of drug-likeness (QED) is 0.813. The molecule has 0 aliphatic rings. The Balaban J connectivity index is 2.42. The molecule has 5 nitrogen and oxygen atoms in total. The van der Waals surface area contributed by atoms with E-state index in [0.29, 0.717) is 28.7 Å². The van der Waals surface area contributed by atoms with Gasteiger partial charge in [-0.3, -0.25) is 0 Å². The van der Waals surface area contributed by atoms with Gasteiger partial charge in [0.15, 0.2) is 5.82 Å². The molecule has 0 saturated heterocycles. The summed E-state index contributed by atoms with van der Waals surface area (Å²) in [5, 5.41) is 4.68. The van der Waals surface area contributed by atoms with Crippen LogP contribution in [0.3, 0.4) is 0 Å². The van der Waals surface area contributed by atoms with Crippen LogP contribution in [0.25, 0.3) is 5.82 Å². The summed E-state index contributed by atoms with van der Waals surface area (Å²) in [5.41, 5.74) is 2.13. The second-order valence-corrected chi connectivity index (χ2v) is 4.69. The van der Waals surface area contributed by atoms with Gasteiger partial charge in [-0.05, 0) is 31.9 Å². The number of rotatable bonds is 4. The Labute approximate surface area is 122 Å². The summed E-state index contributed by atoms with van der Waals surface area (Å²) in [6.45, 7) is 5.91. The molecule has 0 spiro atoms. The van der Waals surface area contributed by atoms with Crippen LogP contribution in [0.2, 0.25) is 5.02 Å². The summed E-state index contributed by atoms with van der Waals surface area (Å²) in [5.74, 6) is 0.120. The van der Waals surface area contributed by atoms with E-state index in [4.69, 9.17) is 16.3 Å². The smallest absolute Gasteiger partial charge is 0.341 e. The van der Waals surface area contributed by atoms with Crippen molar-refractivity contribution in [3.05, 3.63) is 40.3 Å². The first-order valence-corrected chi connectivity index (χ1v) is 6.82. The second kappa shape index (κ2) is 6.05. The number of aromatic nitrogens is 3. The molecule has 0 unspecified atom stereocenters. The first-order valence-electron chi connectivity index (χ1n) is 6.45. The van der Waals surface area contributed by atoms with Crippen molar-refractivity contribution < 1.29 is 9.53 Å². The molecule has 2 aromatic heterocycles. The third kappa shape index (κ3) is 2.67. The fraction of sp³-hybridized carbons (Fsp3) is 0.357. The van der Waals surface area contributed by atoms with Crippen LogP contribution in [-0.4, -0.2) is 27.3 Å². The van der Waals surface area contributed by atoms with E-state index in [0.717, 1.165) is 12.0 Å². The van der Waals surface area contributed by atoms with E-state index in [1.165, 1.54) is 6.20 Å². The summed E-state index contributed by atoms with van der Waals surface area (Å²) >= 11 is 6.23. The summed E-state index contributed by atoms with van der Waals surface area (Å²) in [6.07, 6.45) is 4.09. The standard InChI is InChI=1S/C14H16ClN3O2/c1-4-10-6-12(15)13(16-7-10)18-9(3)11(8-17-18)14(19)20-5-2/h6-8H,4-5H2,1-3H3. The number of halogens is 1. The number of carbonyl (C=O) groups excluding carboxylic acids is 1. The molecular formula is C14H16ClN3O2. The monoisotopic (exact) mass is 293 g/mol. The highest BCUT2D eigenvalue weighted by molar-refractivity contribution is 6.32. The molecule has 0 aliphatic carbocycles. The molecule has 0 aliphatic heterocycles. The molecule has 0 saturated carbocycles. The summed E-state index contributed by atoms with van der Waals surface area (Å²) in [6, 6.07) is 1.86. The molecule has 0 bridgehead atoms. The van der Waals surface area contributed by atoms with Crippen molar-refractivity contribution in [3.63, 3.8) is 0 Å². The zero-order chi connectivity index (χ0) is 14.7. The zero-order valence-electron chi connectivity index (χ0n) is 11.7. The molecule has 2 rings (SSSR count). The van der Waals surface area contributed by atoms with E-state index in [-0.39, 0.29) is 0 Å². The van der Waals surface area contributed by atoms with Gasteiger partial charge >= 0.3 is 5.97 Å². The topological polar surface area (TPSA) is 57.0 Å². The maximum Gasteiger partial charge on any atom is 0.341 e. The van der Waals surface area contributed by atoms with E-state index in [1.54, 1.807) is 24.7 Å². The van der Waals surface area contributed by atoms with Crippen molar-refractivity contribution in [1.29, 1.82) is 0 Å². The number of aryl methyl sites for hydroxylation is 1. The normalized spacial score (nSPS) is 10.6. The lowest BCUT2D eigenvalue weighted by Crippen LogP contribution is -2.08. The van der Waals surface area contributed by atoms with Gasteiger partial charge in [-0.2, -0.15) is 5.10 Å². The predicted octanol–water partition coefficient (Wildman–Crippen LogP) is 2.97. The van der Waals surface area contributed by atoms with Crippen LogP contribution >= 0.6 is 11.6 Å². The molecule has 20 heavy (non-hydrogen) atoms. The van der Waals surface area contributed by atoms with Crippen LogP contribution in [0.1, 0.15) is 35.5 Å². The van der Waals surface area contributed by atoms with Crippen molar-refractivity contribution in [2.24, 2.45) is 0 Å². The maximum absolute atomic E-state index is 11.8. The van der Waals surface area contributed by atoms with Crippen molar-refractivity contribution >= 4 is 17.6 Å². The molecular weight excluding hydrogens is 278 g/mol. The summed E-state index contributed by atoms with van der Waals surface area (Å²) < 4.78 is 6.53. The highest BCUT2D eigenvalue weighted by Crippen LogP contribution is 2.22. The van der Waals surface area contributed by atoms with Crippen molar-refractivity contribution in [3.8, 4) is 5.82 Å². The Bertz CT molecular complexity index is 637. The van der Waals surface area contributed by atoms with E-state index in [1.807, 2.05) is 13.0 Å². The third-order valence-electron chi connectivity index (χ3n) is 2.99. The Morgan fingerprint density at radius 1 is 1.40 bits per heavy atom. The predicted molar refractivity (Wildman–Crippen MR) is 76.4 cm³/mol. The zero-order valence-corrected chi connectivity index (χ0v) is 12.4. The fourth-order valence-corrected chi connectivity index (χ4v) is 2.12. The van der Waals surface area contributed by atoms with Crippen LogP contribution in [0.4, 0.5) is 0 Å². The van der Waals surface area contributed by atoms with E-state index < -0.39 is 5.97 Å². The summed E-state index contributed by atoms with van der Waals surface area (Å²) in [7, 11) is 0. The van der Waals surface area contributed by atoms with Gasteiger partial charge in [0.2, 0.25) is 0 Å². The van der Waals surface area contributed by atoms with Gasteiger partial charge in [-0.25, -0.2) is 14.5 Å². The Hall–Kier alpha value is -1.88. The van der Waals surface area contributed by atoms with Crippen molar-refractivity contribution in [1.82, 2.24) is 14.8 Å². The minimum Gasteiger partial charge on any atom is -0.462 e. The number of ether oxygens (including phenoxy) is 1. The van der Waals surface area contributed by atoms with Crippen LogP contribution in [-0.2, 0) is 11.2 Å². The van der Waals surface area contributed by atoms with E-state index >= 15 is 0 Å². The van der Waals surface area contributed by atoms with Crippen LogP contribution in [0.15, 0.2) is 18.5 Å². The van der Waals surface area contributed by atoms with E-state index in [9.17, 15) is 4.79 Å².